The Morgan fingerprint density at radius 2 is 2.22 bits per heavy atom. The molecule has 0 bridgehead atoms. The molecule has 2 aromatic heterocycles. The van der Waals surface area contributed by atoms with Crippen LogP contribution in [0.4, 0.5) is 5.82 Å². The Labute approximate surface area is 115 Å². The molecule has 0 aliphatic heterocycles. The molecular formula is C12H15ClN4S. The number of hydrogen-bond donors (Lipinski definition) is 1. The van der Waals surface area contributed by atoms with Crippen LogP contribution in [0.25, 0.3) is 0 Å². The quantitative estimate of drug-likeness (QED) is 0.827. The highest BCUT2D eigenvalue weighted by Crippen LogP contribution is 2.13. The molecule has 0 aliphatic carbocycles. The average molecular weight is 283 g/mol. The number of nitrogens with zero attached hydrogens (tertiary/aromatic N) is 3. The third-order valence-corrected chi connectivity index (χ3v) is 3.38. The molecule has 0 amide bonds. The molecule has 1 N–H and O–H groups in total. The number of aromatic nitrogens is 3. The lowest BCUT2D eigenvalue weighted by molar-refractivity contribution is 0.833. The van der Waals surface area contributed by atoms with E-state index in [2.05, 4.69) is 27.2 Å². The third kappa shape index (κ3) is 3.92. The number of thiazole rings is 1. The molecule has 2 heterocycles. The minimum absolute atomic E-state index is 0.491. The van der Waals surface area contributed by atoms with Gasteiger partial charge in [-0.1, -0.05) is 18.5 Å². The maximum absolute atomic E-state index is 5.96. The van der Waals surface area contributed by atoms with Gasteiger partial charge < -0.3 is 5.32 Å². The van der Waals surface area contributed by atoms with Crippen molar-refractivity contribution in [2.75, 3.05) is 11.9 Å². The Balaban J connectivity index is 1.92. The highest BCUT2D eigenvalue weighted by Gasteiger charge is 2.03. The molecule has 0 radical (unpaired) electrons. The molecule has 0 aliphatic rings. The summed E-state index contributed by atoms with van der Waals surface area (Å²) >= 11 is 7.63. The largest absolute Gasteiger partial charge is 0.369 e. The molecule has 0 unspecified atom stereocenters. The van der Waals surface area contributed by atoms with Crippen LogP contribution in [0.3, 0.4) is 0 Å². The van der Waals surface area contributed by atoms with E-state index in [0.29, 0.717) is 5.15 Å². The van der Waals surface area contributed by atoms with Gasteiger partial charge in [-0.2, -0.15) is 0 Å². The Hall–Kier alpha value is -1.20. The Morgan fingerprint density at radius 3 is 2.94 bits per heavy atom. The predicted octanol–water partition coefficient (Wildman–Crippen LogP) is 3.19. The minimum atomic E-state index is 0.491. The summed E-state index contributed by atoms with van der Waals surface area (Å²) in [5, 5.41) is 6.85. The van der Waals surface area contributed by atoms with Gasteiger partial charge in [-0.05, 0) is 6.42 Å². The second-order valence-corrected chi connectivity index (χ2v) is 5.21. The van der Waals surface area contributed by atoms with Crippen molar-refractivity contribution in [3.63, 3.8) is 0 Å². The zero-order chi connectivity index (χ0) is 12.8. The number of rotatable bonds is 6. The lowest BCUT2D eigenvalue weighted by Gasteiger charge is -2.06. The van der Waals surface area contributed by atoms with Crippen molar-refractivity contribution in [2.45, 2.75) is 26.2 Å². The van der Waals surface area contributed by atoms with Crippen molar-refractivity contribution in [3.05, 3.63) is 33.6 Å². The van der Waals surface area contributed by atoms with Crippen molar-refractivity contribution in [1.29, 1.82) is 0 Å². The van der Waals surface area contributed by atoms with Crippen molar-refractivity contribution >= 4 is 28.8 Å². The van der Waals surface area contributed by atoms with Gasteiger partial charge in [-0.3, -0.25) is 0 Å². The zero-order valence-electron chi connectivity index (χ0n) is 10.2. The molecule has 0 atom stereocenters. The van der Waals surface area contributed by atoms with Crippen LogP contribution < -0.4 is 5.32 Å². The summed E-state index contributed by atoms with van der Waals surface area (Å²) in [4.78, 5) is 12.8. The molecule has 0 saturated carbocycles. The molecule has 0 aromatic carbocycles. The van der Waals surface area contributed by atoms with Gasteiger partial charge >= 0.3 is 0 Å². The molecule has 6 heteroatoms. The average Bonchev–Trinajstić information content (AvgIpc) is 2.82. The first kappa shape index (κ1) is 13.2. The molecule has 18 heavy (non-hydrogen) atoms. The number of nitrogens with one attached hydrogen (secondary N) is 1. The highest BCUT2D eigenvalue weighted by molar-refractivity contribution is 7.09. The van der Waals surface area contributed by atoms with Crippen LogP contribution in [0.15, 0.2) is 17.6 Å². The molecule has 0 fully saturated rings. The second kappa shape index (κ2) is 6.66. The normalized spacial score (nSPS) is 10.6. The van der Waals surface area contributed by atoms with Gasteiger partial charge in [0, 0.05) is 37.0 Å². The fourth-order valence-electron chi connectivity index (χ4n) is 1.56. The van der Waals surface area contributed by atoms with E-state index >= 15 is 0 Å². The van der Waals surface area contributed by atoms with Gasteiger partial charge in [0.25, 0.3) is 0 Å². The zero-order valence-corrected chi connectivity index (χ0v) is 11.8. The lowest BCUT2D eigenvalue weighted by Crippen LogP contribution is -2.08. The first-order chi connectivity index (χ1) is 8.78. The first-order valence-electron chi connectivity index (χ1n) is 5.93. The monoisotopic (exact) mass is 282 g/mol. The van der Waals surface area contributed by atoms with E-state index in [1.54, 1.807) is 17.4 Å². The minimum Gasteiger partial charge on any atom is -0.369 e. The van der Waals surface area contributed by atoms with Crippen LogP contribution in [-0.2, 0) is 12.8 Å². The van der Waals surface area contributed by atoms with Crippen LogP contribution in [0.2, 0.25) is 5.15 Å². The highest BCUT2D eigenvalue weighted by atomic mass is 35.5. The van der Waals surface area contributed by atoms with Crippen LogP contribution >= 0.6 is 22.9 Å². The second-order valence-electron chi connectivity index (χ2n) is 3.84. The SMILES string of the molecule is CCCc1nc(Cl)cc(NCCc2nccs2)n1. The van der Waals surface area contributed by atoms with E-state index in [1.165, 1.54) is 0 Å². The molecule has 96 valence electrons. The van der Waals surface area contributed by atoms with Crippen LogP contribution in [0.1, 0.15) is 24.2 Å². The summed E-state index contributed by atoms with van der Waals surface area (Å²) in [5.41, 5.74) is 0. The van der Waals surface area contributed by atoms with Crippen molar-refractivity contribution in [2.24, 2.45) is 0 Å². The molecule has 2 aromatic rings. The summed E-state index contributed by atoms with van der Waals surface area (Å²) in [7, 11) is 0. The van der Waals surface area contributed by atoms with Gasteiger partial charge in [0.2, 0.25) is 0 Å². The Bertz CT molecular complexity index is 487. The summed E-state index contributed by atoms with van der Waals surface area (Å²) in [6.07, 6.45) is 4.57. The Morgan fingerprint density at radius 1 is 1.33 bits per heavy atom. The van der Waals surface area contributed by atoms with Crippen molar-refractivity contribution in [1.82, 2.24) is 15.0 Å². The number of aryl methyl sites for hydroxylation is 1. The van der Waals surface area contributed by atoms with E-state index < -0.39 is 0 Å². The molecule has 4 nitrogen and oxygen atoms in total. The van der Waals surface area contributed by atoms with Gasteiger partial charge in [0.1, 0.15) is 16.8 Å². The predicted molar refractivity (Wildman–Crippen MR) is 75.3 cm³/mol. The number of halogens is 1. The first-order valence-corrected chi connectivity index (χ1v) is 7.19. The van der Waals surface area contributed by atoms with Gasteiger partial charge in [-0.15, -0.1) is 11.3 Å². The fraction of sp³-hybridized carbons (Fsp3) is 0.417. The van der Waals surface area contributed by atoms with Crippen molar-refractivity contribution < 1.29 is 0 Å². The van der Waals surface area contributed by atoms with Crippen LogP contribution in [0, 0.1) is 0 Å². The fourth-order valence-corrected chi connectivity index (χ4v) is 2.39. The molecule has 2 rings (SSSR count). The van der Waals surface area contributed by atoms with Gasteiger partial charge in [0.15, 0.2) is 0 Å². The van der Waals surface area contributed by atoms with E-state index in [9.17, 15) is 0 Å². The number of hydrogen-bond acceptors (Lipinski definition) is 5. The summed E-state index contributed by atoms with van der Waals surface area (Å²) in [6, 6.07) is 1.75. The topological polar surface area (TPSA) is 50.7 Å². The van der Waals surface area contributed by atoms with Crippen molar-refractivity contribution in [3.8, 4) is 0 Å². The molecule has 0 spiro atoms. The van der Waals surface area contributed by atoms with E-state index in [1.807, 2.05) is 11.6 Å². The molecule has 0 saturated heterocycles. The maximum atomic E-state index is 5.96. The lowest BCUT2D eigenvalue weighted by atomic mass is 10.3. The summed E-state index contributed by atoms with van der Waals surface area (Å²) < 4.78 is 0. The Kier molecular flexibility index (Phi) is 4.90. The van der Waals surface area contributed by atoms with Gasteiger partial charge in [-0.25, -0.2) is 15.0 Å². The summed E-state index contributed by atoms with van der Waals surface area (Å²) in [5.74, 6) is 1.58. The molecular weight excluding hydrogens is 268 g/mol. The van der Waals surface area contributed by atoms with E-state index in [0.717, 1.165) is 42.5 Å². The maximum Gasteiger partial charge on any atom is 0.134 e. The summed E-state index contributed by atoms with van der Waals surface area (Å²) in [6.45, 7) is 2.90. The number of anilines is 1. The van der Waals surface area contributed by atoms with E-state index in [4.69, 9.17) is 11.6 Å². The smallest absolute Gasteiger partial charge is 0.134 e. The van der Waals surface area contributed by atoms with Crippen LogP contribution in [0.5, 0.6) is 0 Å². The standard InChI is InChI=1S/C12H15ClN4S/c1-2-3-10-16-9(13)8-11(17-10)14-5-4-12-15-6-7-18-12/h6-8H,2-5H2,1H3,(H,14,16,17). The van der Waals surface area contributed by atoms with Gasteiger partial charge in [0.05, 0.1) is 5.01 Å². The third-order valence-electron chi connectivity index (χ3n) is 2.34. The van der Waals surface area contributed by atoms with E-state index in [-0.39, 0.29) is 0 Å². The van der Waals surface area contributed by atoms with Crippen LogP contribution in [-0.4, -0.2) is 21.5 Å².